The second-order valence-corrected chi connectivity index (χ2v) is 4.08. The summed E-state index contributed by atoms with van der Waals surface area (Å²) in [6, 6.07) is 3.85. The van der Waals surface area contributed by atoms with E-state index in [4.69, 9.17) is 22.1 Å². The van der Waals surface area contributed by atoms with Crippen LogP contribution in [0.5, 0.6) is 5.75 Å². The molecule has 4 heteroatoms. The van der Waals surface area contributed by atoms with Gasteiger partial charge in [0.2, 0.25) is 0 Å². The van der Waals surface area contributed by atoms with E-state index in [9.17, 15) is 0 Å². The fraction of sp³-hybridized carbons (Fsp3) is 0.333. The van der Waals surface area contributed by atoms with Crippen molar-refractivity contribution in [2.24, 2.45) is 5.73 Å². The molecule has 0 amide bonds. The Labute approximate surface area is 99.5 Å². The molecule has 0 saturated heterocycles. The van der Waals surface area contributed by atoms with Gasteiger partial charge in [-0.05, 0) is 24.1 Å². The minimum Gasteiger partial charge on any atom is -0.495 e. The lowest BCUT2D eigenvalue weighted by molar-refractivity contribution is 0.415. The number of H-pyrrole nitrogens is 1. The molecule has 0 aliphatic rings. The van der Waals surface area contributed by atoms with Crippen molar-refractivity contribution >= 4 is 22.5 Å². The molecule has 0 aliphatic carbocycles. The molecule has 0 fully saturated rings. The lowest BCUT2D eigenvalue weighted by Crippen LogP contribution is -1.99. The molecule has 0 aliphatic heterocycles. The van der Waals surface area contributed by atoms with Crippen molar-refractivity contribution in [1.82, 2.24) is 4.98 Å². The highest BCUT2D eigenvalue weighted by molar-refractivity contribution is 6.32. The standard InChI is InChI=1S/C12H15ClN2O/c1-3-7-8-4-12(16-2)9(13)5-10(8)15-11(7)6-14/h4-5,15H,3,6,14H2,1-2H3. The topological polar surface area (TPSA) is 51.0 Å². The number of nitrogens with one attached hydrogen (secondary N) is 1. The van der Waals surface area contributed by atoms with E-state index in [-0.39, 0.29) is 0 Å². The van der Waals surface area contributed by atoms with Gasteiger partial charge in [0.25, 0.3) is 0 Å². The second kappa shape index (κ2) is 4.36. The number of halogens is 1. The van der Waals surface area contributed by atoms with Crippen molar-refractivity contribution < 1.29 is 4.74 Å². The first kappa shape index (κ1) is 11.3. The van der Waals surface area contributed by atoms with E-state index in [0.717, 1.165) is 23.0 Å². The van der Waals surface area contributed by atoms with Gasteiger partial charge in [0, 0.05) is 23.1 Å². The van der Waals surface area contributed by atoms with Gasteiger partial charge in [0.1, 0.15) is 5.75 Å². The number of hydrogen-bond acceptors (Lipinski definition) is 2. The molecular weight excluding hydrogens is 224 g/mol. The van der Waals surface area contributed by atoms with Crippen LogP contribution in [0.15, 0.2) is 12.1 Å². The number of ether oxygens (including phenoxy) is 1. The summed E-state index contributed by atoms with van der Waals surface area (Å²) in [5.74, 6) is 0.700. The fourth-order valence-electron chi connectivity index (χ4n) is 2.04. The van der Waals surface area contributed by atoms with Crippen LogP contribution in [0.2, 0.25) is 5.02 Å². The molecule has 0 radical (unpaired) electrons. The van der Waals surface area contributed by atoms with E-state index < -0.39 is 0 Å². The molecule has 0 bridgehead atoms. The fourth-order valence-corrected chi connectivity index (χ4v) is 2.28. The SMILES string of the molecule is CCc1c(CN)[nH]c2cc(Cl)c(OC)cc12. The first-order chi connectivity index (χ1) is 7.71. The van der Waals surface area contributed by atoms with Crippen molar-refractivity contribution in [3.05, 3.63) is 28.4 Å². The molecule has 3 nitrogen and oxygen atoms in total. The van der Waals surface area contributed by atoms with Gasteiger partial charge in [0.15, 0.2) is 0 Å². The summed E-state index contributed by atoms with van der Waals surface area (Å²) >= 11 is 6.08. The Bertz CT molecular complexity index is 519. The van der Waals surface area contributed by atoms with E-state index in [1.54, 1.807) is 7.11 Å². The molecule has 16 heavy (non-hydrogen) atoms. The summed E-state index contributed by atoms with van der Waals surface area (Å²) in [6.07, 6.45) is 0.942. The van der Waals surface area contributed by atoms with Crippen LogP contribution in [0.1, 0.15) is 18.2 Å². The number of aryl methyl sites for hydroxylation is 1. The molecule has 86 valence electrons. The largest absolute Gasteiger partial charge is 0.495 e. The predicted octanol–water partition coefficient (Wildman–Crippen LogP) is 2.85. The zero-order valence-corrected chi connectivity index (χ0v) is 10.2. The molecular formula is C12H15ClN2O. The third-order valence-electron chi connectivity index (χ3n) is 2.82. The Balaban J connectivity index is 2.73. The third-order valence-corrected chi connectivity index (χ3v) is 3.12. The zero-order chi connectivity index (χ0) is 11.7. The minimum atomic E-state index is 0.512. The van der Waals surface area contributed by atoms with Crippen LogP contribution in [0.3, 0.4) is 0 Å². The summed E-state index contributed by atoms with van der Waals surface area (Å²) in [5.41, 5.74) is 9.03. The van der Waals surface area contributed by atoms with Gasteiger partial charge >= 0.3 is 0 Å². The van der Waals surface area contributed by atoms with Crippen LogP contribution >= 0.6 is 11.6 Å². The van der Waals surface area contributed by atoms with Crippen LogP contribution in [-0.4, -0.2) is 12.1 Å². The summed E-state index contributed by atoms with van der Waals surface area (Å²) < 4.78 is 5.22. The Morgan fingerprint density at radius 3 is 2.75 bits per heavy atom. The number of rotatable bonds is 3. The van der Waals surface area contributed by atoms with Gasteiger partial charge in [0.05, 0.1) is 12.1 Å². The normalized spacial score (nSPS) is 11.0. The molecule has 2 aromatic rings. The number of aromatic amines is 1. The summed E-state index contributed by atoms with van der Waals surface area (Å²) in [5, 5.41) is 1.76. The zero-order valence-electron chi connectivity index (χ0n) is 9.43. The first-order valence-corrected chi connectivity index (χ1v) is 5.66. The van der Waals surface area contributed by atoms with E-state index in [0.29, 0.717) is 17.3 Å². The molecule has 3 N–H and O–H groups in total. The highest BCUT2D eigenvalue weighted by atomic mass is 35.5. The van der Waals surface area contributed by atoms with E-state index >= 15 is 0 Å². The number of nitrogens with two attached hydrogens (primary N) is 1. The van der Waals surface area contributed by atoms with E-state index in [1.807, 2.05) is 12.1 Å². The van der Waals surface area contributed by atoms with Crippen LogP contribution in [0, 0.1) is 0 Å². The monoisotopic (exact) mass is 238 g/mol. The molecule has 0 spiro atoms. The highest BCUT2D eigenvalue weighted by Gasteiger charge is 2.11. The van der Waals surface area contributed by atoms with E-state index in [1.165, 1.54) is 5.56 Å². The average Bonchev–Trinajstić information content (AvgIpc) is 2.64. The lowest BCUT2D eigenvalue weighted by atomic mass is 10.1. The van der Waals surface area contributed by atoms with Crippen molar-refractivity contribution in [1.29, 1.82) is 0 Å². The van der Waals surface area contributed by atoms with Crippen LogP contribution < -0.4 is 10.5 Å². The molecule has 0 unspecified atom stereocenters. The highest BCUT2D eigenvalue weighted by Crippen LogP contribution is 2.32. The molecule has 0 atom stereocenters. The smallest absolute Gasteiger partial charge is 0.138 e. The third kappa shape index (κ3) is 1.66. The van der Waals surface area contributed by atoms with Gasteiger partial charge in [-0.15, -0.1) is 0 Å². The summed E-state index contributed by atoms with van der Waals surface area (Å²) in [7, 11) is 1.62. The second-order valence-electron chi connectivity index (χ2n) is 3.67. The predicted molar refractivity (Wildman–Crippen MR) is 67.1 cm³/mol. The van der Waals surface area contributed by atoms with Gasteiger partial charge in [-0.1, -0.05) is 18.5 Å². The maximum Gasteiger partial charge on any atom is 0.138 e. The number of hydrogen-bond donors (Lipinski definition) is 2. The maximum atomic E-state index is 6.08. The van der Waals surface area contributed by atoms with Crippen molar-refractivity contribution in [2.75, 3.05) is 7.11 Å². The number of methoxy groups -OCH3 is 1. The van der Waals surface area contributed by atoms with Crippen molar-refractivity contribution in [2.45, 2.75) is 19.9 Å². The Kier molecular flexibility index (Phi) is 3.08. The van der Waals surface area contributed by atoms with Crippen LogP contribution in [0.4, 0.5) is 0 Å². The Morgan fingerprint density at radius 2 is 2.19 bits per heavy atom. The van der Waals surface area contributed by atoms with Gasteiger partial charge in [-0.3, -0.25) is 0 Å². The van der Waals surface area contributed by atoms with Gasteiger partial charge in [-0.2, -0.15) is 0 Å². The lowest BCUT2D eigenvalue weighted by Gasteiger charge is -2.03. The average molecular weight is 239 g/mol. The van der Waals surface area contributed by atoms with Gasteiger partial charge < -0.3 is 15.5 Å². The summed E-state index contributed by atoms with van der Waals surface area (Å²) in [4.78, 5) is 3.29. The van der Waals surface area contributed by atoms with Crippen molar-refractivity contribution in [3.63, 3.8) is 0 Å². The molecule has 1 aromatic carbocycles. The number of benzene rings is 1. The quantitative estimate of drug-likeness (QED) is 0.864. The molecule has 1 heterocycles. The first-order valence-electron chi connectivity index (χ1n) is 5.28. The van der Waals surface area contributed by atoms with Crippen LogP contribution in [-0.2, 0) is 13.0 Å². The Hall–Kier alpha value is -1.19. The van der Waals surface area contributed by atoms with Crippen molar-refractivity contribution in [3.8, 4) is 5.75 Å². The summed E-state index contributed by atoms with van der Waals surface area (Å²) in [6.45, 7) is 2.63. The molecule has 0 saturated carbocycles. The Morgan fingerprint density at radius 1 is 1.44 bits per heavy atom. The van der Waals surface area contributed by atoms with Gasteiger partial charge in [-0.25, -0.2) is 0 Å². The number of aromatic nitrogens is 1. The molecule has 1 aromatic heterocycles. The van der Waals surface area contributed by atoms with Crippen LogP contribution in [0.25, 0.3) is 10.9 Å². The molecule has 2 rings (SSSR count). The number of fused-ring (bicyclic) bond motifs is 1. The maximum absolute atomic E-state index is 6.08. The van der Waals surface area contributed by atoms with E-state index in [2.05, 4.69) is 11.9 Å². The minimum absolute atomic E-state index is 0.512.